The van der Waals surface area contributed by atoms with Gasteiger partial charge in [-0.05, 0) is 12.5 Å². The van der Waals surface area contributed by atoms with Gasteiger partial charge in [0.15, 0.2) is 0 Å². The van der Waals surface area contributed by atoms with Crippen molar-refractivity contribution in [2.24, 2.45) is 0 Å². The zero-order chi connectivity index (χ0) is 9.26. The van der Waals surface area contributed by atoms with E-state index in [2.05, 4.69) is 16.8 Å². The number of hydrogen-bond acceptors (Lipinski definition) is 2. The first-order chi connectivity index (χ1) is 6.36. The van der Waals surface area contributed by atoms with Crippen molar-refractivity contribution < 1.29 is 9.47 Å². The molecule has 0 aromatic carbocycles. The average Bonchev–Trinajstić information content (AvgIpc) is 2.68. The summed E-state index contributed by atoms with van der Waals surface area (Å²) in [6.45, 7) is 1.75. The minimum Gasteiger partial charge on any atom is -0.380 e. The zero-order valence-corrected chi connectivity index (χ0v) is 8.12. The molecule has 0 fully saturated rings. The summed E-state index contributed by atoms with van der Waals surface area (Å²) in [4.78, 5) is 0. The number of methoxy groups -OCH3 is 2. The van der Waals surface area contributed by atoms with Crippen LogP contribution >= 0.6 is 0 Å². The highest BCUT2D eigenvalue weighted by molar-refractivity contribution is 5.26. The van der Waals surface area contributed by atoms with Crippen LogP contribution in [0, 0.1) is 0 Å². The Morgan fingerprint density at radius 1 is 1.54 bits per heavy atom. The second-order valence-electron chi connectivity index (χ2n) is 3.37. The highest BCUT2D eigenvalue weighted by Crippen LogP contribution is 2.32. The van der Waals surface area contributed by atoms with Crippen LogP contribution in [-0.4, -0.2) is 18.8 Å². The SMILES string of the molecule is COCc1ccn2c1C(OC)CC2. The van der Waals surface area contributed by atoms with E-state index in [1.807, 2.05) is 0 Å². The zero-order valence-electron chi connectivity index (χ0n) is 8.12. The van der Waals surface area contributed by atoms with E-state index in [1.54, 1.807) is 14.2 Å². The number of aryl methyl sites for hydroxylation is 1. The second kappa shape index (κ2) is 3.52. The Hall–Kier alpha value is -0.800. The van der Waals surface area contributed by atoms with Gasteiger partial charge in [0.2, 0.25) is 0 Å². The topological polar surface area (TPSA) is 23.4 Å². The van der Waals surface area contributed by atoms with Gasteiger partial charge in [0.25, 0.3) is 0 Å². The summed E-state index contributed by atoms with van der Waals surface area (Å²) in [6.07, 6.45) is 3.46. The Kier molecular flexibility index (Phi) is 2.38. The lowest BCUT2D eigenvalue weighted by Crippen LogP contribution is -2.00. The van der Waals surface area contributed by atoms with Crippen LogP contribution in [0.4, 0.5) is 0 Å². The maximum atomic E-state index is 5.41. The first-order valence-corrected chi connectivity index (χ1v) is 4.56. The van der Waals surface area contributed by atoms with E-state index in [1.165, 1.54) is 11.3 Å². The Labute approximate surface area is 78.3 Å². The summed E-state index contributed by atoms with van der Waals surface area (Å²) >= 11 is 0. The molecule has 0 aliphatic carbocycles. The normalized spacial score (nSPS) is 20.6. The van der Waals surface area contributed by atoms with Crippen molar-refractivity contribution >= 4 is 0 Å². The lowest BCUT2D eigenvalue weighted by Gasteiger charge is -2.09. The van der Waals surface area contributed by atoms with Gasteiger partial charge in [0.05, 0.1) is 18.4 Å². The fraction of sp³-hybridized carbons (Fsp3) is 0.600. The molecule has 1 unspecified atom stereocenters. The van der Waals surface area contributed by atoms with Gasteiger partial charge in [-0.15, -0.1) is 0 Å². The summed E-state index contributed by atoms with van der Waals surface area (Å²) in [6, 6.07) is 2.12. The molecule has 1 aliphatic rings. The largest absolute Gasteiger partial charge is 0.380 e. The van der Waals surface area contributed by atoms with Crippen LogP contribution in [0.25, 0.3) is 0 Å². The van der Waals surface area contributed by atoms with Gasteiger partial charge in [-0.2, -0.15) is 0 Å². The van der Waals surface area contributed by atoms with E-state index in [0.29, 0.717) is 6.61 Å². The van der Waals surface area contributed by atoms with Crippen LogP contribution < -0.4 is 0 Å². The lowest BCUT2D eigenvalue weighted by atomic mass is 10.1. The van der Waals surface area contributed by atoms with E-state index in [0.717, 1.165) is 13.0 Å². The number of nitrogens with zero attached hydrogens (tertiary/aromatic N) is 1. The Morgan fingerprint density at radius 2 is 2.38 bits per heavy atom. The van der Waals surface area contributed by atoms with E-state index in [9.17, 15) is 0 Å². The summed E-state index contributed by atoms with van der Waals surface area (Å²) in [5.41, 5.74) is 2.55. The van der Waals surface area contributed by atoms with Gasteiger partial charge in [-0.1, -0.05) is 0 Å². The first kappa shape index (κ1) is 8.78. The smallest absolute Gasteiger partial charge is 0.0991 e. The lowest BCUT2D eigenvalue weighted by molar-refractivity contribution is 0.101. The maximum absolute atomic E-state index is 5.41. The molecule has 2 heterocycles. The molecule has 3 heteroatoms. The molecule has 1 atom stereocenters. The molecule has 1 aromatic heterocycles. The third-order valence-corrected chi connectivity index (χ3v) is 2.62. The van der Waals surface area contributed by atoms with Crippen LogP contribution in [0.1, 0.15) is 23.8 Å². The number of ether oxygens (including phenoxy) is 2. The molecule has 0 radical (unpaired) electrons. The highest BCUT2D eigenvalue weighted by atomic mass is 16.5. The number of rotatable bonds is 3. The van der Waals surface area contributed by atoms with Crippen LogP contribution in [0.15, 0.2) is 12.3 Å². The summed E-state index contributed by atoms with van der Waals surface area (Å²) in [7, 11) is 3.49. The Balaban J connectivity index is 2.29. The molecule has 13 heavy (non-hydrogen) atoms. The molecule has 3 nitrogen and oxygen atoms in total. The predicted octanol–water partition coefficient (Wildman–Crippen LogP) is 1.73. The van der Waals surface area contributed by atoms with Crippen molar-refractivity contribution in [2.45, 2.75) is 25.7 Å². The molecule has 0 N–H and O–H groups in total. The minimum absolute atomic E-state index is 0.264. The van der Waals surface area contributed by atoms with Gasteiger partial charge in [0, 0.05) is 32.5 Å². The third-order valence-electron chi connectivity index (χ3n) is 2.62. The van der Waals surface area contributed by atoms with Crippen molar-refractivity contribution in [2.75, 3.05) is 14.2 Å². The molecular formula is C10H15NO2. The molecule has 72 valence electrons. The monoisotopic (exact) mass is 181 g/mol. The van der Waals surface area contributed by atoms with Gasteiger partial charge in [-0.3, -0.25) is 0 Å². The minimum atomic E-state index is 0.264. The fourth-order valence-corrected chi connectivity index (χ4v) is 2.02. The van der Waals surface area contributed by atoms with Gasteiger partial charge < -0.3 is 14.0 Å². The van der Waals surface area contributed by atoms with Crippen molar-refractivity contribution in [1.29, 1.82) is 0 Å². The number of fused-ring (bicyclic) bond motifs is 1. The molecule has 0 bridgehead atoms. The number of aromatic nitrogens is 1. The molecule has 0 saturated heterocycles. The quantitative estimate of drug-likeness (QED) is 0.709. The molecule has 1 aromatic rings. The van der Waals surface area contributed by atoms with Crippen LogP contribution in [0.2, 0.25) is 0 Å². The molecule has 2 rings (SSSR count). The van der Waals surface area contributed by atoms with Crippen LogP contribution in [-0.2, 0) is 22.6 Å². The first-order valence-electron chi connectivity index (χ1n) is 4.56. The predicted molar refractivity (Wildman–Crippen MR) is 49.5 cm³/mol. The molecule has 0 saturated carbocycles. The Bertz CT molecular complexity index is 293. The standard InChI is InChI=1S/C10H15NO2/c1-12-7-8-3-5-11-6-4-9(13-2)10(8)11/h3,5,9H,4,6-7H2,1-2H3. The van der Waals surface area contributed by atoms with Gasteiger partial charge in [-0.25, -0.2) is 0 Å². The molecule has 0 spiro atoms. The maximum Gasteiger partial charge on any atom is 0.0991 e. The molecular weight excluding hydrogens is 166 g/mol. The van der Waals surface area contributed by atoms with Crippen molar-refractivity contribution in [3.63, 3.8) is 0 Å². The molecule has 0 amide bonds. The van der Waals surface area contributed by atoms with Gasteiger partial charge >= 0.3 is 0 Å². The molecule has 1 aliphatic heterocycles. The Morgan fingerprint density at radius 3 is 3.08 bits per heavy atom. The van der Waals surface area contributed by atoms with E-state index in [4.69, 9.17) is 9.47 Å². The average molecular weight is 181 g/mol. The number of hydrogen-bond donors (Lipinski definition) is 0. The van der Waals surface area contributed by atoms with Crippen LogP contribution in [0.5, 0.6) is 0 Å². The van der Waals surface area contributed by atoms with Crippen molar-refractivity contribution in [3.8, 4) is 0 Å². The summed E-state index contributed by atoms with van der Waals surface area (Å²) in [5.74, 6) is 0. The summed E-state index contributed by atoms with van der Waals surface area (Å²) < 4.78 is 12.8. The van der Waals surface area contributed by atoms with Crippen molar-refractivity contribution in [3.05, 3.63) is 23.5 Å². The second-order valence-corrected chi connectivity index (χ2v) is 3.37. The third kappa shape index (κ3) is 1.38. The summed E-state index contributed by atoms with van der Waals surface area (Å²) in [5, 5.41) is 0. The van der Waals surface area contributed by atoms with E-state index in [-0.39, 0.29) is 6.10 Å². The van der Waals surface area contributed by atoms with Crippen molar-refractivity contribution in [1.82, 2.24) is 4.57 Å². The van der Waals surface area contributed by atoms with E-state index < -0.39 is 0 Å². The highest BCUT2D eigenvalue weighted by Gasteiger charge is 2.24. The fourth-order valence-electron chi connectivity index (χ4n) is 2.02. The van der Waals surface area contributed by atoms with E-state index >= 15 is 0 Å². The van der Waals surface area contributed by atoms with Crippen LogP contribution in [0.3, 0.4) is 0 Å². The van der Waals surface area contributed by atoms with Gasteiger partial charge in [0.1, 0.15) is 0 Å².